The van der Waals surface area contributed by atoms with Crippen molar-refractivity contribution in [1.29, 1.82) is 0 Å². The lowest BCUT2D eigenvalue weighted by atomic mass is 9.67. The molecule has 304 valence electrons. The third-order valence-corrected chi connectivity index (χ3v) is 13.3. The quantitative estimate of drug-likeness (QED) is 0.151. The van der Waals surface area contributed by atoms with E-state index in [1.807, 2.05) is 0 Å². The molecule has 1 aromatic heterocycles. The van der Waals surface area contributed by atoms with E-state index in [2.05, 4.69) is 255 Å². The van der Waals surface area contributed by atoms with Crippen LogP contribution in [0.3, 0.4) is 0 Å². The highest BCUT2D eigenvalue weighted by molar-refractivity contribution is 6.13. The molecule has 0 saturated carbocycles. The molecule has 0 radical (unpaired) electrons. The smallest absolute Gasteiger partial charge is 0.0735 e. The Labute approximate surface area is 370 Å². The summed E-state index contributed by atoms with van der Waals surface area (Å²) in [5.74, 6) is 0. The van der Waals surface area contributed by atoms with Gasteiger partial charge in [-0.1, -0.05) is 156 Å². The van der Waals surface area contributed by atoms with E-state index in [9.17, 15) is 0 Å². The number of anilines is 6. The maximum atomic E-state index is 2.47. The van der Waals surface area contributed by atoms with Gasteiger partial charge in [0.2, 0.25) is 0 Å². The van der Waals surface area contributed by atoms with Gasteiger partial charge in [0.15, 0.2) is 0 Å². The fourth-order valence-corrected chi connectivity index (χ4v) is 10.2. The number of rotatable bonds is 8. The number of nitrogens with zero attached hydrogens (tertiary/aromatic N) is 3. The van der Waals surface area contributed by atoms with E-state index in [4.69, 9.17) is 0 Å². The van der Waals surface area contributed by atoms with E-state index >= 15 is 0 Å². The van der Waals surface area contributed by atoms with E-state index in [0.717, 1.165) is 34.1 Å². The maximum Gasteiger partial charge on any atom is 0.0735 e. The van der Waals surface area contributed by atoms with Crippen LogP contribution in [0.4, 0.5) is 34.1 Å². The highest BCUT2D eigenvalue weighted by Crippen LogP contribution is 2.60. The SMILES string of the molecule is Cc1ccc(N(c2ccc(C)cc2)c2ccc3c(c2)C(c2ccccc2)(c2ccccc2)c2c-3ccc3c4ccc(N(c5ccc(C)cc5)c5ccc(C)cc5)cc4n(C)c23)cc1. The topological polar surface area (TPSA) is 11.4 Å². The van der Waals surface area contributed by atoms with Gasteiger partial charge < -0.3 is 14.4 Å². The molecule has 0 spiro atoms. The van der Waals surface area contributed by atoms with Gasteiger partial charge in [0.05, 0.1) is 16.4 Å². The number of benzene rings is 9. The normalized spacial score (nSPS) is 12.7. The van der Waals surface area contributed by atoms with Gasteiger partial charge in [0, 0.05) is 57.5 Å². The summed E-state index contributed by atoms with van der Waals surface area (Å²) in [4.78, 5) is 4.79. The molecular weight excluding hydrogens is 763 g/mol. The van der Waals surface area contributed by atoms with Crippen molar-refractivity contribution >= 4 is 55.9 Å². The average Bonchev–Trinajstić information content (AvgIpc) is 3.78. The number of hydrogen-bond donors (Lipinski definition) is 0. The summed E-state index contributed by atoms with van der Waals surface area (Å²) in [6.07, 6.45) is 0. The van der Waals surface area contributed by atoms with Crippen molar-refractivity contribution in [3.63, 3.8) is 0 Å². The number of hydrogen-bond acceptors (Lipinski definition) is 2. The van der Waals surface area contributed by atoms with Crippen molar-refractivity contribution in [2.24, 2.45) is 7.05 Å². The molecule has 0 atom stereocenters. The number of aryl methyl sites for hydroxylation is 5. The average molecular weight is 812 g/mol. The summed E-state index contributed by atoms with van der Waals surface area (Å²) in [6.45, 7) is 8.60. The van der Waals surface area contributed by atoms with Gasteiger partial charge in [-0.25, -0.2) is 0 Å². The molecule has 63 heavy (non-hydrogen) atoms. The van der Waals surface area contributed by atoms with Gasteiger partial charge in [-0.15, -0.1) is 0 Å². The van der Waals surface area contributed by atoms with Gasteiger partial charge in [-0.05, 0) is 128 Å². The van der Waals surface area contributed by atoms with Crippen molar-refractivity contribution in [2.45, 2.75) is 33.1 Å². The zero-order valence-electron chi connectivity index (χ0n) is 36.5. The molecule has 10 aromatic rings. The highest BCUT2D eigenvalue weighted by atomic mass is 15.1. The molecule has 1 heterocycles. The van der Waals surface area contributed by atoms with Gasteiger partial charge >= 0.3 is 0 Å². The number of aromatic nitrogens is 1. The predicted molar refractivity (Wildman–Crippen MR) is 266 cm³/mol. The second-order valence-electron chi connectivity index (χ2n) is 17.4. The predicted octanol–water partition coefficient (Wildman–Crippen LogP) is 15.9. The molecule has 0 amide bonds. The zero-order chi connectivity index (χ0) is 42.8. The van der Waals surface area contributed by atoms with Crippen molar-refractivity contribution in [3.8, 4) is 11.1 Å². The molecule has 3 nitrogen and oxygen atoms in total. The van der Waals surface area contributed by atoms with Crippen LogP contribution in [-0.2, 0) is 12.5 Å². The molecule has 0 fully saturated rings. The second-order valence-corrected chi connectivity index (χ2v) is 17.4. The monoisotopic (exact) mass is 811 g/mol. The van der Waals surface area contributed by atoms with Crippen LogP contribution >= 0.6 is 0 Å². The number of fused-ring (bicyclic) bond motifs is 7. The van der Waals surface area contributed by atoms with Crippen LogP contribution in [-0.4, -0.2) is 4.57 Å². The Bertz CT molecular complexity index is 3160. The first-order valence-corrected chi connectivity index (χ1v) is 22.0. The third-order valence-electron chi connectivity index (χ3n) is 13.3. The largest absolute Gasteiger partial charge is 0.343 e. The van der Waals surface area contributed by atoms with Crippen molar-refractivity contribution < 1.29 is 0 Å². The summed E-state index contributed by atoms with van der Waals surface area (Å²) in [6, 6.07) is 76.8. The molecule has 0 aliphatic heterocycles. The van der Waals surface area contributed by atoms with E-state index in [1.165, 1.54) is 77.4 Å². The maximum absolute atomic E-state index is 2.47. The van der Waals surface area contributed by atoms with Crippen LogP contribution in [0.2, 0.25) is 0 Å². The minimum atomic E-state index is -0.629. The first kappa shape index (κ1) is 38.3. The molecule has 0 bridgehead atoms. The molecule has 0 unspecified atom stereocenters. The Morgan fingerprint density at radius 1 is 0.365 bits per heavy atom. The van der Waals surface area contributed by atoms with Crippen LogP contribution in [0, 0.1) is 27.7 Å². The Morgan fingerprint density at radius 3 is 1.21 bits per heavy atom. The molecule has 0 saturated heterocycles. The standard InChI is InChI=1S/C60H49N3/c1-40-16-24-46(25-17-40)62(47-26-18-41(2)19-27-47)50-32-34-52-54-36-37-55-53-35-33-51(63(48-28-20-42(3)21-29-48)49-30-22-43(4)23-31-49)39-57(53)61(5)59(55)58(54)60(56(52)38-50,44-12-8-6-9-13-44)45-14-10-7-11-15-45/h6-39H,1-5H3. The molecule has 0 N–H and O–H groups in total. The summed E-state index contributed by atoms with van der Waals surface area (Å²) in [7, 11) is 2.27. The lowest BCUT2D eigenvalue weighted by Gasteiger charge is -2.35. The minimum absolute atomic E-state index is 0.629. The fraction of sp³-hybridized carbons (Fsp3) is 0.100. The lowest BCUT2D eigenvalue weighted by Crippen LogP contribution is -2.29. The van der Waals surface area contributed by atoms with Crippen molar-refractivity contribution in [3.05, 3.63) is 251 Å². The summed E-state index contributed by atoms with van der Waals surface area (Å²) < 4.78 is 2.47. The second kappa shape index (κ2) is 15.1. The van der Waals surface area contributed by atoms with Crippen LogP contribution in [0.1, 0.15) is 44.5 Å². The van der Waals surface area contributed by atoms with Crippen LogP contribution < -0.4 is 9.80 Å². The Balaban J connectivity index is 1.19. The fourth-order valence-electron chi connectivity index (χ4n) is 10.2. The van der Waals surface area contributed by atoms with E-state index in [-0.39, 0.29) is 0 Å². The van der Waals surface area contributed by atoms with Crippen molar-refractivity contribution in [1.82, 2.24) is 4.57 Å². The first-order chi connectivity index (χ1) is 30.8. The summed E-state index contributed by atoms with van der Waals surface area (Å²) in [5.41, 5.74) is 21.1. The molecule has 1 aliphatic carbocycles. The van der Waals surface area contributed by atoms with Gasteiger partial charge in [0.25, 0.3) is 0 Å². The zero-order valence-corrected chi connectivity index (χ0v) is 36.5. The van der Waals surface area contributed by atoms with Crippen LogP contribution in [0.15, 0.2) is 206 Å². The highest BCUT2D eigenvalue weighted by Gasteiger charge is 2.48. The molecular formula is C60H49N3. The third kappa shape index (κ3) is 6.18. The lowest BCUT2D eigenvalue weighted by molar-refractivity contribution is 0.769. The van der Waals surface area contributed by atoms with Crippen LogP contribution in [0.25, 0.3) is 32.9 Å². The Morgan fingerprint density at radius 2 is 0.746 bits per heavy atom. The Hall–Kier alpha value is -7.62. The minimum Gasteiger partial charge on any atom is -0.343 e. The van der Waals surface area contributed by atoms with E-state index < -0.39 is 5.41 Å². The first-order valence-electron chi connectivity index (χ1n) is 22.0. The molecule has 9 aromatic carbocycles. The Kier molecular flexibility index (Phi) is 9.17. The molecule has 3 heteroatoms. The summed E-state index contributed by atoms with van der Waals surface area (Å²) in [5, 5.41) is 2.49. The van der Waals surface area contributed by atoms with Gasteiger partial charge in [-0.2, -0.15) is 0 Å². The van der Waals surface area contributed by atoms with Crippen molar-refractivity contribution in [2.75, 3.05) is 9.80 Å². The van der Waals surface area contributed by atoms with E-state index in [0.29, 0.717) is 0 Å². The van der Waals surface area contributed by atoms with Gasteiger partial charge in [0.1, 0.15) is 0 Å². The molecule has 11 rings (SSSR count). The van der Waals surface area contributed by atoms with E-state index in [1.54, 1.807) is 0 Å². The molecule has 1 aliphatic rings. The van der Waals surface area contributed by atoms with Crippen LogP contribution in [0.5, 0.6) is 0 Å². The summed E-state index contributed by atoms with van der Waals surface area (Å²) >= 11 is 0. The van der Waals surface area contributed by atoms with Gasteiger partial charge in [-0.3, -0.25) is 0 Å².